The maximum absolute atomic E-state index is 13.8. The summed E-state index contributed by atoms with van der Waals surface area (Å²) in [4.78, 5) is 4.18. The van der Waals surface area contributed by atoms with Gasteiger partial charge in [0.15, 0.2) is 0 Å². The van der Waals surface area contributed by atoms with Crippen LogP contribution in [0.15, 0.2) is 45.4 Å². The quantitative estimate of drug-likeness (QED) is 0.674. The first-order chi connectivity index (χ1) is 10.1. The summed E-state index contributed by atoms with van der Waals surface area (Å²) in [6, 6.07) is 9.57. The average Bonchev–Trinajstić information content (AvgIpc) is 2.91. The largest absolute Gasteiger partial charge is 0.398 e. The van der Waals surface area contributed by atoms with E-state index in [0.717, 1.165) is 0 Å². The van der Waals surface area contributed by atoms with Crippen molar-refractivity contribution in [3.63, 3.8) is 0 Å². The van der Waals surface area contributed by atoms with E-state index in [1.807, 2.05) is 0 Å². The van der Waals surface area contributed by atoms with Gasteiger partial charge in [-0.2, -0.15) is 4.98 Å². The minimum atomic E-state index is -0.512. The number of hydrogen-bond acceptors (Lipinski definition) is 4. The highest BCUT2D eigenvalue weighted by Gasteiger charge is 2.17. The van der Waals surface area contributed by atoms with Crippen molar-refractivity contribution < 1.29 is 8.91 Å². The Hall–Kier alpha value is -1.92. The number of anilines is 1. The molecule has 1 aromatic heterocycles. The predicted molar refractivity (Wildman–Crippen MR) is 82.3 cm³/mol. The Morgan fingerprint density at radius 2 is 2.05 bits per heavy atom. The molecule has 0 atom stereocenters. The van der Waals surface area contributed by atoms with Crippen LogP contribution >= 0.6 is 27.5 Å². The van der Waals surface area contributed by atoms with Gasteiger partial charge in [0.1, 0.15) is 5.82 Å². The van der Waals surface area contributed by atoms with E-state index in [9.17, 15) is 4.39 Å². The summed E-state index contributed by atoms with van der Waals surface area (Å²) in [7, 11) is 0. The van der Waals surface area contributed by atoms with Gasteiger partial charge in [-0.05, 0) is 46.3 Å². The number of nitrogens with zero attached hydrogens (tertiary/aromatic N) is 2. The van der Waals surface area contributed by atoms with Gasteiger partial charge >= 0.3 is 0 Å². The molecule has 0 aliphatic heterocycles. The zero-order valence-corrected chi connectivity index (χ0v) is 12.8. The van der Waals surface area contributed by atoms with Crippen LogP contribution in [0.1, 0.15) is 0 Å². The Morgan fingerprint density at radius 3 is 2.76 bits per heavy atom. The topological polar surface area (TPSA) is 64.9 Å². The second kappa shape index (κ2) is 5.46. The first kappa shape index (κ1) is 14.0. The Labute approximate surface area is 132 Å². The lowest BCUT2D eigenvalue weighted by atomic mass is 10.1. The Morgan fingerprint density at radius 1 is 1.24 bits per heavy atom. The first-order valence-corrected chi connectivity index (χ1v) is 7.07. The van der Waals surface area contributed by atoms with E-state index in [0.29, 0.717) is 20.9 Å². The molecule has 2 aromatic carbocycles. The highest BCUT2D eigenvalue weighted by Crippen LogP contribution is 2.31. The highest BCUT2D eigenvalue weighted by molar-refractivity contribution is 9.10. The molecule has 0 spiro atoms. The van der Waals surface area contributed by atoms with Gasteiger partial charge in [0, 0.05) is 15.7 Å². The summed E-state index contributed by atoms with van der Waals surface area (Å²) < 4.78 is 19.6. The van der Waals surface area contributed by atoms with Crippen LogP contribution in [-0.4, -0.2) is 10.1 Å². The van der Waals surface area contributed by atoms with Crippen molar-refractivity contribution in [2.45, 2.75) is 0 Å². The Balaban J connectivity index is 2.06. The summed E-state index contributed by atoms with van der Waals surface area (Å²) in [5, 5.41) is 4.41. The second-order valence-electron chi connectivity index (χ2n) is 4.26. The lowest BCUT2D eigenvalue weighted by Crippen LogP contribution is -1.93. The van der Waals surface area contributed by atoms with Crippen LogP contribution in [0.4, 0.5) is 10.1 Å². The van der Waals surface area contributed by atoms with Crippen molar-refractivity contribution in [2.75, 3.05) is 5.73 Å². The van der Waals surface area contributed by atoms with Crippen LogP contribution in [0.2, 0.25) is 5.02 Å². The Bertz CT molecular complexity index is 801. The molecule has 0 amide bonds. The number of rotatable bonds is 2. The third kappa shape index (κ3) is 2.64. The molecule has 0 radical (unpaired) electrons. The van der Waals surface area contributed by atoms with Gasteiger partial charge in [-0.25, -0.2) is 4.39 Å². The third-order valence-corrected chi connectivity index (χ3v) is 4.08. The fourth-order valence-electron chi connectivity index (χ4n) is 1.84. The van der Waals surface area contributed by atoms with Crippen molar-refractivity contribution in [2.24, 2.45) is 0 Å². The van der Waals surface area contributed by atoms with Gasteiger partial charge in [0.25, 0.3) is 5.89 Å². The molecule has 0 fully saturated rings. The van der Waals surface area contributed by atoms with Gasteiger partial charge in [0.2, 0.25) is 5.82 Å². The average molecular weight is 369 g/mol. The van der Waals surface area contributed by atoms with E-state index in [1.165, 1.54) is 12.1 Å². The zero-order valence-electron chi connectivity index (χ0n) is 10.5. The molecule has 3 aromatic rings. The van der Waals surface area contributed by atoms with Crippen molar-refractivity contribution in [3.05, 3.63) is 51.7 Å². The second-order valence-corrected chi connectivity index (χ2v) is 5.52. The molecule has 0 unspecified atom stereocenters. The van der Waals surface area contributed by atoms with Crippen molar-refractivity contribution in [1.82, 2.24) is 10.1 Å². The van der Waals surface area contributed by atoms with E-state index >= 15 is 0 Å². The van der Waals surface area contributed by atoms with E-state index in [1.54, 1.807) is 24.3 Å². The van der Waals surface area contributed by atoms with Crippen LogP contribution in [0.3, 0.4) is 0 Å². The molecular weight excluding hydrogens is 361 g/mol. The fraction of sp³-hybridized carbons (Fsp3) is 0. The standard InChI is InChI=1S/C14H8BrClFN3O/c15-8-6-7(4-5-9(8)16)13-19-14(21-20-13)12-10(17)2-1-3-11(12)18/h1-6H,18H2. The molecule has 7 heteroatoms. The van der Waals surface area contributed by atoms with Crippen LogP contribution in [0.5, 0.6) is 0 Å². The van der Waals surface area contributed by atoms with Gasteiger partial charge in [-0.15, -0.1) is 0 Å². The lowest BCUT2D eigenvalue weighted by Gasteiger charge is -2.01. The zero-order chi connectivity index (χ0) is 15.0. The van der Waals surface area contributed by atoms with Gasteiger partial charge in [-0.1, -0.05) is 22.8 Å². The van der Waals surface area contributed by atoms with Crippen molar-refractivity contribution in [1.29, 1.82) is 0 Å². The number of aromatic nitrogens is 2. The third-order valence-electron chi connectivity index (χ3n) is 2.86. The van der Waals surface area contributed by atoms with Gasteiger partial charge < -0.3 is 10.3 Å². The lowest BCUT2D eigenvalue weighted by molar-refractivity contribution is 0.430. The molecule has 2 N–H and O–H groups in total. The normalized spacial score (nSPS) is 10.8. The molecule has 0 aliphatic rings. The number of nitrogens with two attached hydrogens (primary N) is 1. The molecule has 0 bridgehead atoms. The SMILES string of the molecule is Nc1cccc(F)c1-c1nc(-c2ccc(Cl)c(Br)c2)no1. The van der Waals surface area contributed by atoms with Crippen molar-refractivity contribution in [3.8, 4) is 22.8 Å². The summed E-state index contributed by atoms with van der Waals surface area (Å²) in [5.74, 6) is -0.154. The smallest absolute Gasteiger partial charge is 0.263 e. The van der Waals surface area contributed by atoms with Gasteiger partial charge in [0.05, 0.1) is 10.6 Å². The monoisotopic (exact) mass is 367 g/mol. The van der Waals surface area contributed by atoms with Crippen LogP contribution < -0.4 is 5.73 Å². The summed E-state index contributed by atoms with van der Waals surface area (Å²) in [5.41, 5.74) is 6.78. The number of benzene rings is 2. The van der Waals surface area contributed by atoms with E-state index in [4.69, 9.17) is 21.9 Å². The first-order valence-electron chi connectivity index (χ1n) is 5.90. The molecule has 0 saturated heterocycles. The molecule has 4 nitrogen and oxygen atoms in total. The van der Waals surface area contributed by atoms with Crippen LogP contribution in [0, 0.1) is 5.82 Å². The summed E-state index contributed by atoms with van der Waals surface area (Å²) in [6.45, 7) is 0. The number of halogens is 3. The van der Waals surface area contributed by atoms with E-state index in [2.05, 4.69) is 26.1 Å². The minimum Gasteiger partial charge on any atom is -0.398 e. The molecule has 1 heterocycles. The summed E-state index contributed by atoms with van der Waals surface area (Å²) >= 11 is 9.25. The molecule has 0 saturated carbocycles. The van der Waals surface area contributed by atoms with E-state index in [-0.39, 0.29) is 17.1 Å². The molecule has 21 heavy (non-hydrogen) atoms. The Kier molecular flexibility index (Phi) is 3.65. The number of hydrogen-bond donors (Lipinski definition) is 1. The highest BCUT2D eigenvalue weighted by atomic mass is 79.9. The maximum Gasteiger partial charge on any atom is 0.263 e. The van der Waals surface area contributed by atoms with Gasteiger partial charge in [-0.3, -0.25) is 0 Å². The predicted octanol–water partition coefficient (Wildman–Crippen LogP) is 4.54. The minimum absolute atomic E-state index is 0.0340. The fourth-order valence-corrected chi connectivity index (χ4v) is 2.34. The summed E-state index contributed by atoms with van der Waals surface area (Å²) in [6.07, 6.45) is 0. The van der Waals surface area contributed by atoms with Crippen LogP contribution in [0.25, 0.3) is 22.8 Å². The van der Waals surface area contributed by atoms with E-state index < -0.39 is 5.82 Å². The molecule has 0 aliphatic carbocycles. The maximum atomic E-state index is 13.8. The molecule has 3 rings (SSSR count). The van der Waals surface area contributed by atoms with Crippen molar-refractivity contribution >= 4 is 33.2 Å². The molecule has 106 valence electrons. The number of nitrogen functional groups attached to an aromatic ring is 1. The van der Waals surface area contributed by atoms with Crippen LogP contribution in [-0.2, 0) is 0 Å². The molecular formula is C14H8BrClFN3O.